The van der Waals surface area contributed by atoms with Crippen LogP contribution < -0.4 is 0 Å². The molecule has 0 saturated carbocycles. The molecule has 1 atom stereocenters. The fraction of sp³-hybridized carbons (Fsp3) is 0.786. The van der Waals surface area contributed by atoms with Crippen LogP contribution in [0, 0.1) is 0 Å². The molecule has 1 aromatic rings. The summed E-state index contributed by atoms with van der Waals surface area (Å²) in [6.07, 6.45) is 4.14. The van der Waals surface area contributed by atoms with E-state index >= 15 is 0 Å². The highest BCUT2D eigenvalue weighted by molar-refractivity contribution is 5.08. The van der Waals surface area contributed by atoms with Gasteiger partial charge in [-0.2, -0.15) is 5.10 Å². The van der Waals surface area contributed by atoms with Gasteiger partial charge in [0, 0.05) is 24.7 Å². The van der Waals surface area contributed by atoms with Gasteiger partial charge in [0.1, 0.15) is 0 Å². The molecular formula is C14H27N3O. The molecule has 0 aromatic carbocycles. The normalized spacial score (nSPS) is 14.2. The van der Waals surface area contributed by atoms with Gasteiger partial charge < -0.3 is 5.11 Å². The maximum Gasteiger partial charge on any atom is 0.0759 e. The molecule has 0 aliphatic carbocycles. The molecule has 0 fully saturated rings. The van der Waals surface area contributed by atoms with Gasteiger partial charge in [-0.1, -0.05) is 13.8 Å². The van der Waals surface area contributed by atoms with Crippen molar-refractivity contribution in [2.24, 2.45) is 0 Å². The zero-order valence-electron chi connectivity index (χ0n) is 12.3. The topological polar surface area (TPSA) is 41.3 Å². The van der Waals surface area contributed by atoms with Crippen molar-refractivity contribution < 1.29 is 5.11 Å². The second kappa shape index (κ2) is 6.34. The lowest BCUT2D eigenvalue weighted by Crippen LogP contribution is -2.53. The predicted molar refractivity (Wildman–Crippen MR) is 74.6 cm³/mol. The molecule has 0 aliphatic rings. The molecule has 0 amide bonds. The van der Waals surface area contributed by atoms with Crippen molar-refractivity contribution in [1.29, 1.82) is 0 Å². The fourth-order valence-corrected chi connectivity index (χ4v) is 2.41. The number of aliphatic hydroxyl groups is 1. The van der Waals surface area contributed by atoms with Gasteiger partial charge >= 0.3 is 0 Å². The maximum atomic E-state index is 10.5. The Kier molecular flexibility index (Phi) is 5.35. The first kappa shape index (κ1) is 15.2. The Balaban J connectivity index is 2.71. The van der Waals surface area contributed by atoms with E-state index in [1.807, 2.05) is 17.1 Å². The predicted octanol–water partition coefficient (Wildman–Crippen LogP) is 1.93. The molecule has 0 radical (unpaired) electrons. The largest absolute Gasteiger partial charge is 0.391 e. The van der Waals surface area contributed by atoms with Gasteiger partial charge in [-0.15, -0.1) is 0 Å². The van der Waals surface area contributed by atoms with Crippen LogP contribution >= 0.6 is 0 Å². The first-order chi connectivity index (χ1) is 8.45. The number of hydrogen-bond donors (Lipinski definition) is 1. The molecule has 0 saturated heterocycles. The summed E-state index contributed by atoms with van der Waals surface area (Å²) in [4.78, 5) is 2.29. The third kappa shape index (κ3) is 3.33. The van der Waals surface area contributed by atoms with Crippen LogP contribution in [0.5, 0.6) is 0 Å². The van der Waals surface area contributed by atoms with Gasteiger partial charge in [-0.25, -0.2) is 0 Å². The summed E-state index contributed by atoms with van der Waals surface area (Å²) < 4.78 is 1.90. The first-order valence-corrected chi connectivity index (χ1v) is 6.90. The Morgan fingerprint density at radius 3 is 2.39 bits per heavy atom. The van der Waals surface area contributed by atoms with Crippen LogP contribution in [0.1, 0.15) is 40.2 Å². The molecule has 1 N–H and O–H groups in total. The van der Waals surface area contributed by atoms with E-state index in [-0.39, 0.29) is 11.6 Å². The SMILES string of the molecule is CCN(CC)C(C)(C)C(O)Cc1cnn(CC)c1. The Bertz CT molecular complexity index is 356. The average molecular weight is 253 g/mol. The van der Waals surface area contributed by atoms with Gasteiger partial charge in [0.15, 0.2) is 0 Å². The second-order valence-corrected chi connectivity index (χ2v) is 5.25. The standard InChI is InChI=1S/C14H27N3O/c1-6-16(7-2)14(4,5)13(18)9-12-10-15-17(8-3)11-12/h10-11,13,18H,6-9H2,1-5H3. The van der Waals surface area contributed by atoms with E-state index in [4.69, 9.17) is 0 Å². The minimum Gasteiger partial charge on any atom is -0.391 e. The van der Waals surface area contributed by atoms with Crippen molar-refractivity contribution in [2.45, 2.75) is 59.2 Å². The Labute approximate surface area is 111 Å². The number of aryl methyl sites for hydroxylation is 1. The highest BCUT2D eigenvalue weighted by Gasteiger charge is 2.32. The number of aromatic nitrogens is 2. The minimum absolute atomic E-state index is 0.211. The van der Waals surface area contributed by atoms with Crippen LogP contribution in [0.25, 0.3) is 0 Å². The van der Waals surface area contributed by atoms with Crippen LogP contribution in [-0.4, -0.2) is 44.5 Å². The molecule has 1 unspecified atom stereocenters. The molecule has 0 spiro atoms. The Morgan fingerprint density at radius 2 is 1.94 bits per heavy atom. The van der Waals surface area contributed by atoms with Crippen molar-refractivity contribution in [3.05, 3.63) is 18.0 Å². The highest BCUT2D eigenvalue weighted by atomic mass is 16.3. The molecular weight excluding hydrogens is 226 g/mol. The van der Waals surface area contributed by atoms with Crippen molar-refractivity contribution in [1.82, 2.24) is 14.7 Å². The van der Waals surface area contributed by atoms with E-state index in [2.05, 4.69) is 44.6 Å². The third-order valence-electron chi connectivity index (χ3n) is 3.83. The molecule has 4 nitrogen and oxygen atoms in total. The zero-order valence-corrected chi connectivity index (χ0v) is 12.3. The summed E-state index contributed by atoms with van der Waals surface area (Å²) in [5, 5.41) is 14.7. The molecule has 1 aromatic heterocycles. The van der Waals surface area contributed by atoms with E-state index in [1.165, 1.54) is 0 Å². The monoisotopic (exact) mass is 253 g/mol. The number of nitrogens with zero attached hydrogens (tertiary/aromatic N) is 3. The second-order valence-electron chi connectivity index (χ2n) is 5.25. The fourth-order valence-electron chi connectivity index (χ4n) is 2.41. The maximum absolute atomic E-state index is 10.5. The van der Waals surface area contributed by atoms with E-state index in [0.29, 0.717) is 6.42 Å². The number of hydrogen-bond acceptors (Lipinski definition) is 3. The van der Waals surface area contributed by atoms with E-state index < -0.39 is 0 Å². The van der Waals surface area contributed by atoms with Gasteiger partial charge in [-0.05, 0) is 39.4 Å². The average Bonchev–Trinajstić information content (AvgIpc) is 2.78. The van der Waals surface area contributed by atoms with Gasteiger partial charge in [-0.3, -0.25) is 9.58 Å². The Morgan fingerprint density at radius 1 is 1.33 bits per heavy atom. The van der Waals surface area contributed by atoms with Gasteiger partial charge in [0.05, 0.1) is 12.3 Å². The minimum atomic E-state index is -0.382. The number of rotatable bonds is 7. The zero-order chi connectivity index (χ0) is 13.8. The van der Waals surface area contributed by atoms with Crippen molar-refractivity contribution in [3.8, 4) is 0 Å². The van der Waals surface area contributed by atoms with E-state index in [9.17, 15) is 5.11 Å². The molecule has 1 heterocycles. The molecule has 18 heavy (non-hydrogen) atoms. The molecule has 0 bridgehead atoms. The van der Waals surface area contributed by atoms with Crippen LogP contribution in [0.2, 0.25) is 0 Å². The summed E-state index contributed by atoms with van der Waals surface area (Å²) in [5.74, 6) is 0. The summed E-state index contributed by atoms with van der Waals surface area (Å²) in [5.41, 5.74) is 0.891. The summed E-state index contributed by atoms with van der Waals surface area (Å²) in [6, 6.07) is 0. The van der Waals surface area contributed by atoms with Crippen molar-refractivity contribution in [3.63, 3.8) is 0 Å². The summed E-state index contributed by atoms with van der Waals surface area (Å²) in [7, 11) is 0. The van der Waals surface area contributed by atoms with Crippen molar-refractivity contribution in [2.75, 3.05) is 13.1 Å². The molecule has 0 aliphatic heterocycles. The van der Waals surface area contributed by atoms with Crippen LogP contribution in [0.15, 0.2) is 12.4 Å². The first-order valence-electron chi connectivity index (χ1n) is 6.90. The van der Waals surface area contributed by atoms with E-state index in [1.54, 1.807) is 0 Å². The van der Waals surface area contributed by atoms with Crippen LogP contribution in [0.4, 0.5) is 0 Å². The molecule has 4 heteroatoms. The lowest BCUT2D eigenvalue weighted by atomic mass is 9.90. The summed E-state index contributed by atoms with van der Waals surface area (Å²) in [6.45, 7) is 13.3. The lowest BCUT2D eigenvalue weighted by Gasteiger charge is -2.41. The highest BCUT2D eigenvalue weighted by Crippen LogP contribution is 2.21. The summed E-state index contributed by atoms with van der Waals surface area (Å²) >= 11 is 0. The Hall–Kier alpha value is -0.870. The van der Waals surface area contributed by atoms with Gasteiger partial charge in [0.25, 0.3) is 0 Å². The molecule has 1 rings (SSSR count). The van der Waals surface area contributed by atoms with Crippen LogP contribution in [0.3, 0.4) is 0 Å². The smallest absolute Gasteiger partial charge is 0.0759 e. The van der Waals surface area contributed by atoms with Gasteiger partial charge in [0.2, 0.25) is 0 Å². The number of likely N-dealkylation sites (N-methyl/N-ethyl adjacent to an activating group) is 1. The quantitative estimate of drug-likeness (QED) is 0.807. The lowest BCUT2D eigenvalue weighted by molar-refractivity contribution is -0.00416. The van der Waals surface area contributed by atoms with Crippen LogP contribution in [-0.2, 0) is 13.0 Å². The number of aliphatic hydroxyl groups excluding tert-OH is 1. The molecule has 104 valence electrons. The van der Waals surface area contributed by atoms with Crippen molar-refractivity contribution >= 4 is 0 Å². The van der Waals surface area contributed by atoms with E-state index in [0.717, 1.165) is 25.2 Å². The third-order valence-corrected chi connectivity index (χ3v) is 3.83.